The molecule has 0 fully saturated rings. The van der Waals surface area contributed by atoms with Crippen LogP contribution in [-0.2, 0) is 0 Å². The molecule has 10 aromatic carbocycles. The van der Waals surface area contributed by atoms with Crippen molar-refractivity contribution in [2.24, 2.45) is 0 Å². The van der Waals surface area contributed by atoms with E-state index in [2.05, 4.69) is 235 Å². The van der Waals surface area contributed by atoms with Crippen molar-refractivity contribution >= 4 is 99.5 Å². The third-order valence-corrected chi connectivity index (χ3v) is 14.6. The first-order valence-corrected chi connectivity index (χ1v) is 23.6. The standard InChI is InChI=1S/C64H52N2O2/c1-37-14-20-50(21-15-37)65(54-26-39(3)43(7)40(4)27-54)52-24-18-46-32-56-58-36-59-57-33-47-19-25-53(66(51-22-16-38(2)17-23-51)55-28-41(5)44(8)42(6)29-55)31-49(47)35-61(57)68-64(59)62(45-12-10-9-11-13-45)63(58)67-60(56)34-48(46)30-52/h9-36H,1-8H3. The first-order valence-electron chi connectivity index (χ1n) is 23.6. The molecule has 0 aliphatic rings. The minimum absolute atomic E-state index is 0.824. The summed E-state index contributed by atoms with van der Waals surface area (Å²) in [6.07, 6.45) is 0. The zero-order valence-corrected chi connectivity index (χ0v) is 39.9. The van der Waals surface area contributed by atoms with E-state index < -0.39 is 0 Å². The highest BCUT2D eigenvalue weighted by molar-refractivity contribution is 6.24. The van der Waals surface area contributed by atoms with E-state index in [-0.39, 0.29) is 0 Å². The van der Waals surface area contributed by atoms with Gasteiger partial charge >= 0.3 is 0 Å². The zero-order chi connectivity index (χ0) is 46.5. The topological polar surface area (TPSA) is 32.8 Å². The SMILES string of the molecule is Cc1ccc(N(c2cc(C)c(C)c(C)c2)c2ccc3cc4c(cc3c2)oc2c(-c3ccccc3)c3oc5cc6cc(N(c7ccc(C)cc7)c7cc(C)c(C)c(C)c7)ccc6cc5c3cc24)cc1. The molecule has 0 aliphatic heterocycles. The Morgan fingerprint density at radius 3 is 1.12 bits per heavy atom. The molecule has 0 saturated carbocycles. The van der Waals surface area contributed by atoms with E-state index in [9.17, 15) is 0 Å². The predicted molar refractivity (Wildman–Crippen MR) is 289 cm³/mol. The monoisotopic (exact) mass is 880 g/mol. The molecule has 0 N–H and O–H groups in total. The van der Waals surface area contributed by atoms with Gasteiger partial charge in [0.25, 0.3) is 0 Å². The van der Waals surface area contributed by atoms with Crippen LogP contribution in [0.4, 0.5) is 34.1 Å². The second-order valence-electron chi connectivity index (χ2n) is 19.1. The fraction of sp³-hybridized carbons (Fsp3) is 0.125. The van der Waals surface area contributed by atoms with Gasteiger partial charge in [0.2, 0.25) is 0 Å². The first kappa shape index (κ1) is 41.4. The lowest BCUT2D eigenvalue weighted by molar-refractivity contribution is 0.658. The van der Waals surface area contributed by atoms with Gasteiger partial charge in [-0.1, -0.05) is 77.9 Å². The number of aryl methyl sites for hydroxylation is 6. The molecule has 68 heavy (non-hydrogen) atoms. The number of benzene rings is 10. The van der Waals surface area contributed by atoms with Gasteiger partial charge in [-0.05, 0) is 219 Å². The van der Waals surface area contributed by atoms with Gasteiger partial charge in [0.1, 0.15) is 22.3 Å². The van der Waals surface area contributed by atoms with Crippen molar-refractivity contribution in [3.8, 4) is 11.1 Å². The van der Waals surface area contributed by atoms with E-state index in [1.807, 2.05) is 0 Å². The maximum absolute atomic E-state index is 7.03. The quantitative estimate of drug-likeness (QED) is 0.160. The molecule has 0 atom stereocenters. The summed E-state index contributed by atoms with van der Waals surface area (Å²) < 4.78 is 14.1. The van der Waals surface area contributed by atoms with Gasteiger partial charge in [-0.25, -0.2) is 0 Å². The molecule has 0 unspecified atom stereocenters. The van der Waals surface area contributed by atoms with E-state index in [0.29, 0.717) is 0 Å². The molecule has 12 rings (SSSR count). The smallest absolute Gasteiger partial charge is 0.147 e. The van der Waals surface area contributed by atoms with Gasteiger partial charge in [0.15, 0.2) is 0 Å². The fourth-order valence-electron chi connectivity index (χ4n) is 10.3. The van der Waals surface area contributed by atoms with Crippen LogP contribution in [0.15, 0.2) is 179 Å². The Morgan fingerprint density at radius 2 is 0.706 bits per heavy atom. The van der Waals surface area contributed by atoms with E-state index in [4.69, 9.17) is 8.83 Å². The molecule has 0 bridgehead atoms. The van der Waals surface area contributed by atoms with Crippen LogP contribution in [-0.4, -0.2) is 0 Å². The number of hydrogen-bond acceptors (Lipinski definition) is 4. The molecule has 0 amide bonds. The van der Waals surface area contributed by atoms with Crippen LogP contribution in [0.25, 0.3) is 76.5 Å². The molecule has 2 heterocycles. The zero-order valence-electron chi connectivity index (χ0n) is 39.9. The number of anilines is 6. The van der Waals surface area contributed by atoms with E-state index >= 15 is 0 Å². The van der Waals surface area contributed by atoms with Crippen molar-refractivity contribution in [3.05, 3.63) is 214 Å². The van der Waals surface area contributed by atoms with E-state index in [0.717, 1.165) is 111 Å². The summed E-state index contributed by atoms with van der Waals surface area (Å²) >= 11 is 0. The number of furan rings is 2. The summed E-state index contributed by atoms with van der Waals surface area (Å²) in [5, 5.41) is 8.83. The van der Waals surface area contributed by atoms with Crippen molar-refractivity contribution in [2.75, 3.05) is 9.80 Å². The van der Waals surface area contributed by atoms with Crippen molar-refractivity contribution in [1.29, 1.82) is 0 Å². The van der Waals surface area contributed by atoms with Crippen LogP contribution in [0, 0.1) is 55.4 Å². The average Bonchev–Trinajstić information content (AvgIpc) is 3.88. The van der Waals surface area contributed by atoms with Gasteiger partial charge in [-0.3, -0.25) is 0 Å². The molecule has 4 nitrogen and oxygen atoms in total. The molecule has 0 radical (unpaired) electrons. The maximum atomic E-state index is 7.03. The highest BCUT2D eigenvalue weighted by Crippen LogP contribution is 2.47. The Morgan fingerprint density at radius 1 is 0.309 bits per heavy atom. The Labute approximate surface area is 397 Å². The third kappa shape index (κ3) is 6.82. The number of fused-ring (bicyclic) bond motifs is 8. The van der Waals surface area contributed by atoms with Crippen LogP contribution >= 0.6 is 0 Å². The second-order valence-corrected chi connectivity index (χ2v) is 19.1. The summed E-state index contributed by atoms with van der Waals surface area (Å²) in [4.78, 5) is 4.73. The highest BCUT2D eigenvalue weighted by atomic mass is 16.3. The molecule has 0 spiro atoms. The first-order chi connectivity index (χ1) is 32.9. The van der Waals surface area contributed by atoms with E-state index in [1.54, 1.807) is 0 Å². The van der Waals surface area contributed by atoms with Crippen LogP contribution in [0.3, 0.4) is 0 Å². The molecule has 2 aromatic heterocycles. The molecule has 12 aromatic rings. The van der Waals surface area contributed by atoms with Crippen molar-refractivity contribution in [1.82, 2.24) is 0 Å². The van der Waals surface area contributed by atoms with Crippen molar-refractivity contribution in [2.45, 2.75) is 55.4 Å². The van der Waals surface area contributed by atoms with Gasteiger partial charge in [0, 0.05) is 55.7 Å². The summed E-state index contributed by atoms with van der Waals surface area (Å²) in [7, 11) is 0. The molecule has 0 saturated heterocycles. The normalized spacial score (nSPS) is 11.8. The van der Waals surface area contributed by atoms with Crippen LogP contribution in [0.1, 0.15) is 44.5 Å². The Balaban J connectivity index is 1.03. The average molecular weight is 881 g/mol. The number of hydrogen-bond donors (Lipinski definition) is 0. The second kappa shape index (κ2) is 15.8. The Bertz CT molecular complexity index is 3700. The van der Waals surface area contributed by atoms with Gasteiger partial charge in [-0.15, -0.1) is 0 Å². The summed E-state index contributed by atoms with van der Waals surface area (Å²) in [6.45, 7) is 17.5. The predicted octanol–water partition coefficient (Wildman–Crippen LogP) is 18.9. The lowest BCUT2D eigenvalue weighted by Gasteiger charge is -2.27. The molecular formula is C64H52N2O2. The van der Waals surface area contributed by atoms with E-state index in [1.165, 1.54) is 44.5 Å². The van der Waals surface area contributed by atoms with Crippen molar-refractivity contribution < 1.29 is 8.83 Å². The highest BCUT2D eigenvalue weighted by Gasteiger charge is 2.23. The summed E-state index contributed by atoms with van der Waals surface area (Å²) in [5.74, 6) is 0. The van der Waals surface area contributed by atoms with Crippen LogP contribution in [0.5, 0.6) is 0 Å². The molecule has 4 heteroatoms. The lowest BCUT2D eigenvalue weighted by atomic mass is 9.97. The Hall–Kier alpha value is -8.08. The van der Waals surface area contributed by atoms with Crippen molar-refractivity contribution in [3.63, 3.8) is 0 Å². The number of nitrogens with zero attached hydrogens (tertiary/aromatic N) is 2. The third-order valence-electron chi connectivity index (χ3n) is 14.6. The van der Waals surface area contributed by atoms with Crippen LogP contribution in [0.2, 0.25) is 0 Å². The lowest BCUT2D eigenvalue weighted by Crippen LogP contribution is -2.11. The van der Waals surface area contributed by atoms with Crippen LogP contribution < -0.4 is 9.80 Å². The summed E-state index contributed by atoms with van der Waals surface area (Å²) in [5.41, 5.74) is 22.3. The fourth-order valence-corrected chi connectivity index (χ4v) is 10.3. The van der Waals surface area contributed by atoms with Gasteiger partial charge < -0.3 is 18.6 Å². The molecule has 0 aliphatic carbocycles. The minimum Gasteiger partial charge on any atom is -0.455 e. The number of rotatable bonds is 7. The van der Waals surface area contributed by atoms with Gasteiger partial charge in [0.05, 0.1) is 5.56 Å². The molecular weight excluding hydrogens is 829 g/mol. The minimum atomic E-state index is 0.824. The van der Waals surface area contributed by atoms with Gasteiger partial charge in [-0.2, -0.15) is 0 Å². The maximum Gasteiger partial charge on any atom is 0.147 e. The largest absolute Gasteiger partial charge is 0.455 e. The summed E-state index contributed by atoms with van der Waals surface area (Å²) in [6, 6.07) is 62.3. The molecule has 330 valence electrons. The Kier molecular flexibility index (Phi) is 9.60.